The predicted octanol–water partition coefficient (Wildman–Crippen LogP) is 4.40. The van der Waals surface area contributed by atoms with Gasteiger partial charge in [0.25, 0.3) is 0 Å². The normalized spacial score (nSPS) is 48.8. The van der Waals surface area contributed by atoms with Crippen molar-refractivity contribution in [3.05, 3.63) is 62.7 Å². The van der Waals surface area contributed by atoms with Gasteiger partial charge in [-0.25, -0.2) is 0 Å². The highest BCUT2D eigenvalue weighted by atomic mass is 32.1. The minimum atomic E-state index is -3.75. The zero-order chi connectivity index (χ0) is 31.8. The van der Waals surface area contributed by atoms with Crippen LogP contribution < -0.4 is 0 Å². The number of likely N-dealkylation sites (tertiary alicyclic amines) is 1. The van der Waals surface area contributed by atoms with Gasteiger partial charge in [0, 0.05) is 40.9 Å². The van der Waals surface area contributed by atoms with Crippen LogP contribution in [0.3, 0.4) is 0 Å². The van der Waals surface area contributed by atoms with E-state index in [0.29, 0.717) is 6.92 Å². The highest BCUT2D eigenvalue weighted by Crippen LogP contribution is 2.40. The van der Waals surface area contributed by atoms with Gasteiger partial charge in [0.05, 0.1) is 13.1 Å². The summed E-state index contributed by atoms with van der Waals surface area (Å²) in [6.45, 7) is -6.62. The number of carbonyl (C=O) groups is 1. The minimum Gasteiger partial charge on any atom is -0.303 e. The molecule has 0 radical (unpaired) electrons. The Morgan fingerprint density at radius 1 is 1.39 bits per heavy atom. The number of piperidine rings is 1. The Morgan fingerprint density at radius 3 is 3.13 bits per heavy atom. The molecule has 2 aliphatic rings. The number of hydrogen-bond acceptors (Lipinski definition) is 3. The Morgan fingerprint density at radius 2 is 2.26 bits per heavy atom. The molecule has 0 bridgehead atoms. The number of hydrogen-bond donors (Lipinski definition) is 0. The molecule has 2 nitrogen and oxygen atoms in total. The molecule has 1 aromatic carbocycles. The van der Waals surface area contributed by atoms with E-state index in [0.717, 1.165) is 0 Å². The molecule has 1 unspecified atom stereocenters. The minimum absolute atomic E-state index is 0.257. The lowest BCUT2D eigenvalue weighted by Gasteiger charge is -2.33. The maximum Gasteiger partial charge on any atom is 0.177 e. The maximum absolute atomic E-state index is 13.5. The monoisotopic (exact) mass is 341 g/mol. The van der Waals surface area contributed by atoms with Crippen LogP contribution in [0.1, 0.15) is 70.7 Å². The summed E-state index contributed by atoms with van der Waals surface area (Å²) >= 11 is 0.257. The van der Waals surface area contributed by atoms with Gasteiger partial charge in [0.15, 0.2) is 5.78 Å². The van der Waals surface area contributed by atoms with E-state index in [4.69, 9.17) is 24.7 Å². The van der Waals surface area contributed by atoms with Crippen molar-refractivity contribution in [1.82, 2.24) is 4.90 Å². The summed E-state index contributed by atoms with van der Waals surface area (Å²) in [7, 11) is 0. The Bertz CT molecular complexity index is 1520. The lowest BCUT2D eigenvalue weighted by molar-refractivity contribution is 0.0997. The van der Waals surface area contributed by atoms with E-state index in [1.165, 1.54) is 0 Å². The third-order valence-electron chi connectivity index (χ3n) is 3.37. The van der Waals surface area contributed by atoms with Crippen molar-refractivity contribution in [2.24, 2.45) is 0 Å². The molecule has 1 atom stereocenters. The van der Waals surface area contributed by atoms with Crippen LogP contribution in [-0.4, -0.2) is 30.2 Å². The molecule has 2 heterocycles. The first kappa shape index (κ1) is 4.90. The molecule has 0 N–H and O–H groups in total. The Balaban J connectivity index is 2.44. The van der Waals surface area contributed by atoms with Crippen molar-refractivity contribution in [1.29, 1.82) is 0 Å². The summed E-state index contributed by atoms with van der Waals surface area (Å²) < 4.78 is 152. The van der Waals surface area contributed by atoms with Gasteiger partial charge in [0.1, 0.15) is 0 Å². The molecule has 3 heteroatoms. The third kappa shape index (κ3) is 2.48. The first-order valence-corrected chi connectivity index (χ1v) is 7.35. The lowest BCUT2D eigenvalue weighted by atomic mass is 9.86. The number of fused-ring (bicyclic) bond motifs is 2. The van der Waals surface area contributed by atoms with Gasteiger partial charge in [-0.2, -0.15) is 0 Å². The summed E-state index contributed by atoms with van der Waals surface area (Å²) in [5.74, 6) is -1.47. The summed E-state index contributed by atoms with van der Waals surface area (Å²) in [6.07, 6.45) is -10.6. The number of benzene rings is 1. The van der Waals surface area contributed by atoms with Crippen molar-refractivity contribution in [3.63, 3.8) is 0 Å². The largest absolute Gasteiger partial charge is 0.303 e. The van der Waals surface area contributed by atoms with Crippen LogP contribution >= 0.6 is 11.3 Å². The standard InChI is InChI=1S/C20H21NOS/c1-13-11-15(7-9-21(13)2)19-16-6-4-3-5-14(16)12-18(22)20-17(19)8-10-23-20/h3-6,8,10,13H,7,9,11-12H2,1-2H3/b19-15-/i2D3,3D,4D,5D,6D,7D2,8D,9D2,10D,11D2,12D2,13D. The molecule has 0 spiro atoms. The molecular formula is C20H21NOS. The number of thiophene rings is 1. The molecule has 2 aromatic rings. The van der Waals surface area contributed by atoms with Crippen molar-refractivity contribution in [3.8, 4) is 0 Å². The second-order valence-electron chi connectivity index (χ2n) is 4.77. The molecule has 1 fully saturated rings. The quantitative estimate of drug-likeness (QED) is 0.708. The van der Waals surface area contributed by atoms with Crippen molar-refractivity contribution in [2.75, 3.05) is 13.5 Å². The first-order valence-electron chi connectivity index (χ1n) is 15.5. The summed E-state index contributed by atoms with van der Waals surface area (Å²) in [5.41, 5.74) is -5.18. The molecule has 4 rings (SSSR count). The van der Waals surface area contributed by atoms with E-state index in [1.807, 2.05) is 0 Å². The molecule has 1 saturated heterocycles. The SMILES string of the molecule is [2H]c1sc2c(c1[2H])/C(=C1/C([2H])([2H])C([2H])([2H])N(C([2H])([2H])[2H])C([2H])(C)C1([2H])[2H])c1c([2H])c([2H])c([2H])c([2H])c1C([2H])([2H])C2=O. The number of rotatable bonds is 0. The second-order valence-corrected chi connectivity index (χ2v) is 5.59. The summed E-state index contributed by atoms with van der Waals surface area (Å²) in [4.78, 5) is 12.6. The average Bonchev–Trinajstić information content (AvgIpc) is 3.05. The maximum atomic E-state index is 13.5. The fourth-order valence-electron chi connectivity index (χ4n) is 2.30. The molecule has 23 heavy (non-hydrogen) atoms. The highest BCUT2D eigenvalue weighted by molar-refractivity contribution is 7.12. The Kier molecular flexibility index (Phi) is 1.22. The molecule has 1 aliphatic heterocycles. The van der Waals surface area contributed by atoms with Crippen LogP contribution in [-0.2, 0) is 6.37 Å². The predicted molar refractivity (Wildman–Crippen MR) is 96.1 cm³/mol. The molecule has 1 aromatic heterocycles. The van der Waals surface area contributed by atoms with Crippen LogP contribution in [0.15, 0.2) is 41.1 Å². The fourth-order valence-corrected chi connectivity index (χ4v) is 2.95. The van der Waals surface area contributed by atoms with Gasteiger partial charge < -0.3 is 4.90 Å². The third-order valence-corrected chi connectivity index (χ3v) is 4.17. The molecular weight excluding hydrogens is 302 g/mol. The van der Waals surface area contributed by atoms with Crippen molar-refractivity contribution in [2.45, 2.75) is 32.1 Å². The Labute approximate surface area is 166 Å². The molecule has 0 saturated carbocycles. The number of carbonyl (C=O) groups excluding carboxylic acids is 1. The van der Waals surface area contributed by atoms with Crippen molar-refractivity contribution >= 4 is 22.7 Å². The highest BCUT2D eigenvalue weighted by Gasteiger charge is 2.28. The van der Waals surface area contributed by atoms with Gasteiger partial charge in [-0.15, -0.1) is 11.3 Å². The van der Waals surface area contributed by atoms with E-state index in [2.05, 4.69) is 0 Å². The van der Waals surface area contributed by atoms with Crippen LogP contribution in [0.5, 0.6) is 0 Å². The van der Waals surface area contributed by atoms with Crippen LogP contribution in [0.4, 0.5) is 0 Å². The van der Waals surface area contributed by atoms with Crippen LogP contribution in [0, 0.1) is 0 Å². The Hall–Kier alpha value is -1.71. The van der Waals surface area contributed by atoms with Gasteiger partial charge >= 0.3 is 0 Å². The van der Waals surface area contributed by atoms with E-state index in [1.54, 1.807) is 0 Å². The van der Waals surface area contributed by atoms with Crippen molar-refractivity contribution < 1.29 is 29.5 Å². The first-order chi connectivity index (χ1) is 18.2. The molecule has 0 amide bonds. The topological polar surface area (TPSA) is 20.3 Å². The smallest absolute Gasteiger partial charge is 0.177 e. The van der Waals surface area contributed by atoms with E-state index in [9.17, 15) is 4.79 Å². The van der Waals surface area contributed by atoms with Gasteiger partial charge in [-0.1, -0.05) is 29.7 Å². The average molecular weight is 342 g/mol. The van der Waals surface area contributed by atoms with E-state index in [-0.39, 0.29) is 16.2 Å². The number of nitrogens with zero attached hydrogens (tertiary/aromatic N) is 1. The van der Waals surface area contributed by atoms with Gasteiger partial charge in [-0.05, 0) is 54.7 Å². The lowest BCUT2D eigenvalue weighted by Crippen LogP contribution is -2.35. The van der Waals surface area contributed by atoms with Gasteiger partial charge in [0.2, 0.25) is 0 Å². The van der Waals surface area contributed by atoms with E-state index >= 15 is 0 Å². The zero-order valence-corrected chi connectivity index (χ0v) is 12.6. The zero-order valence-electron chi connectivity index (χ0n) is 29.8. The number of ketones is 1. The molecule has 1 aliphatic carbocycles. The fraction of sp³-hybridized carbons (Fsp3) is 0.350. The van der Waals surface area contributed by atoms with Gasteiger partial charge in [-0.3, -0.25) is 4.79 Å². The second kappa shape index (κ2) is 5.73. The summed E-state index contributed by atoms with van der Waals surface area (Å²) in [5, 5.41) is -0.667. The van der Waals surface area contributed by atoms with Crippen LogP contribution in [0.25, 0.3) is 5.57 Å². The van der Waals surface area contributed by atoms with Crippen LogP contribution in [0.2, 0.25) is 0 Å². The van der Waals surface area contributed by atoms with E-state index < -0.39 is 113 Å². The summed E-state index contributed by atoms with van der Waals surface area (Å²) in [6, 6.07) is -8.18. The molecule has 118 valence electrons. The number of Topliss-reactive ketones (excluding diaryl/α,β-unsaturated/α-hetero) is 1.